The van der Waals surface area contributed by atoms with Gasteiger partial charge in [-0.25, -0.2) is 0 Å². The average molecular weight is 289 g/mol. The molecule has 1 aromatic rings. The smallest absolute Gasteiger partial charge is 0.311 e. The molecule has 0 aliphatic heterocycles. The summed E-state index contributed by atoms with van der Waals surface area (Å²) >= 11 is 0. The molecule has 0 radical (unpaired) electrons. The van der Waals surface area contributed by atoms with Crippen molar-refractivity contribution in [1.82, 2.24) is 0 Å². The second-order valence-corrected chi connectivity index (χ2v) is 5.25. The summed E-state index contributed by atoms with van der Waals surface area (Å²) in [7, 11) is 0. The Kier molecular flexibility index (Phi) is 4.08. The number of carbonyl (C=O) groups is 1. The van der Waals surface area contributed by atoms with Crippen LogP contribution in [-0.2, 0) is 4.79 Å². The molecule has 2 rings (SSSR count). The number of carboxylic acids is 1. The van der Waals surface area contributed by atoms with Crippen molar-refractivity contribution in [3.8, 4) is 6.07 Å². The lowest BCUT2D eigenvalue weighted by atomic mass is 9.86. The van der Waals surface area contributed by atoms with E-state index in [1.54, 1.807) is 12.1 Å². The van der Waals surface area contributed by atoms with E-state index in [2.05, 4.69) is 5.32 Å². The topological polar surface area (TPSA) is 116 Å². The fourth-order valence-corrected chi connectivity index (χ4v) is 2.68. The third-order valence-corrected chi connectivity index (χ3v) is 3.96. The van der Waals surface area contributed by atoms with Gasteiger partial charge in [-0.15, -0.1) is 0 Å². The van der Waals surface area contributed by atoms with Crippen molar-refractivity contribution < 1.29 is 14.8 Å². The number of nitrogens with zero attached hydrogens (tertiary/aromatic N) is 2. The zero-order valence-electron chi connectivity index (χ0n) is 11.3. The van der Waals surface area contributed by atoms with E-state index in [1.807, 2.05) is 0 Å². The van der Waals surface area contributed by atoms with E-state index in [9.17, 15) is 20.0 Å². The summed E-state index contributed by atoms with van der Waals surface area (Å²) in [6, 6.07) is 5.95. The molecule has 0 unspecified atom stereocenters. The van der Waals surface area contributed by atoms with Gasteiger partial charge in [0, 0.05) is 18.3 Å². The number of nitro benzene ring substituents is 1. The van der Waals surface area contributed by atoms with Crippen LogP contribution >= 0.6 is 0 Å². The summed E-state index contributed by atoms with van der Waals surface area (Å²) in [5, 5.41) is 32.1. The van der Waals surface area contributed by atoms with Crippen molar-refractivity contribution in [3.63, 3.8) is 0 Å². The number of aliphatic carboxylic acids is 1. The predicted molar refractivity (Wildman–Crippen MR) is 74.8 cm³/mol. The van der Waals surface area contributed by atoms with Gasteiger partial charge in [0.15, 0.2) is 0 Å². The highest BCUT2D eigenvalue weighted by molar-refractivity contribution is 5.76. The molecule has 0 bridgehead atoms. The Morgan fingerprint density at radius 2 is 2.14 bits per heavy atom. The summed E-state index contributed by atoms with van der Waals surface area (Å²) in [6.45, 7) is 0.228. The third kappa shape index (κ3) is 2.94. The number of benzene rings is 1. The van der Waals surface area contributed by atoms with Crippen LogP contribution in [0.1, 0.15) is 31.2 Å². The number of hydrogen-bond donors (Lipinski definition) is 2. The normalized spacial score (nSPS) is 16.1. The van der Waals surface area contributed by atoms with Crippen LogP contribution in [0, 0.1) is 26.9 Å². The standard InChI is InChI=1S/C14H15N3O4/c15-8-10-3-4-11(7-12(10)17(20)21)16-9-14(13(18)19)5-1-2-6-14/h3-4,7,16H,1-2,5-6,9H2,(H,18,19). The molecule has 110 valence electrons. The largest absolute Gasteiger partial charge is 0.481 e. The van der Waals surface area contributed by atoms with Gasteiger partial charge in [-0.3, -0.25) is 14.9 Å². The van der Waals surface area contributed by atoms with Crippen molar-refractivity contribution in [2.45, 2.75) is 25.7 Å². The van der Waals surface area contributed by atoms with Crippen LogP contribution in [0.4, 0.5) is 11.4 Å². The average Bonchev–Trinajstić information content (AvgIpc) is 2.95. The molecule has 1 saturated carbocycles. The molecular formula is C14H15N3O4. The highest BCUT2D eigenvalue weighted by Gasteiger charge is 2.41. The van der Waals surface area contributed by atoms with Gasteiger partial charge in [0.1, 0.15) is 11.6 Å². The number of nitrogens with one attached hydrogen (secondary N) is 1. The maximum atomic E-state index is 11.4. The maximum absolute atomic E-state index is 11.4. The Hall–Kier alpha value is -2.62. The first kappa shape index (κ1) is 14.8. The van der Waals surface area contributed by atoms with E-state index in [4.69, 9.17) is 5.26 Å². The summed E-state index contributed by atoms with van der Waals surface area (Å²) < 4.78 is 0. The van der Waals surface area contributed by atoms with Crippen LogP contribution in [0.15, 0.2) is 18.2 Å². The summed E-state index contributed by atoms with van der Waals surface area (Å²) in [5.74, 6) is -0.837. The lowest BCUT2D eigenvalue weighted by Gasteiger charge is -2.24. The van der Waals surface area contributed by atoms with Gasteiger partial charge in [-0.1, -0.05) is 12.8 Å². The van der Waals surface area contributed by atoms with E-state index >= 15 is 0 Å². The predicted octanol–water partition coefficient (Wildman–Crippen LogP) is 2.52. The number of nitriles is 1. The minimum atomic E-state index is -0.837. The molecule has 0 amide bonds. The lowest BCUT2D eigenvalue weighted by Crippen LogP contribution is -2.35. The Labute approximate surface area is 121 Å². The van der Waals surface area contributed by atoms with E-state index in [-0.39, 0.29) is 17.8 Å². The monoisotopic (exact) mass is 289 g/mol. The van der Waals surface area contributed by atoms with E-state index < -0.39 is 16.3 Å². The van der Waals surface area contributed by atoms with Gasteiger partial charge < -0.3 is 10.4 Å². The SMILES string of the molecule is N#Cc1ccc(NCC2(C(=O)O)CCCC2)cc1[N+](=O)[O-]. The van der Waals surface area contributed by atoms with Gasteiger partial charge >= 0.3 is 5.97 Å². The van der Waals surface area contributed by atoms with Crippen LogP contribution in [-0.4, -0.2) is 22.5 Å². The van der Waals surface area contributed by atoms with Crippen LogP contribution < -0.4 is 5.32 Å². The molecular weight excluding hydrogens is 274 g/mol. The van der Waals surface area contributed by atoms with Crippen molar-refractivity contribution in [1.29, 1.82) is 5.26 Å². The van der Waals surface area contributed by atoms with Crippen LogP contribution in [0.3, 0.4) is 0 Å². The first-order chi connectivity index (χ1) is 9.98. The molecule has 1 aliphatic carbocycles. The van der Waals surface area contributed by atoms with Crippen LogP contribution in [0.5, 0.6) is 0 Å². The van der Waals surface area contributed by atoms with Crippen LogP contribution in [0.2, 0.25) is 0 Å². The molecule has 2 N–H and O–H groups in total. The Morgan fingerprint density at radius 1 is 1.48 bits per heavy atom. The highest BCUT2D eigenvalue weighted by Crippen LogP contribution is 2.38. The Morgan fingerprint density at radius 3 is 2.67 bits per heavy atom. The fraction of sp³-hybridized carbons (Fsp3) is 0.429. The van der Waals surface area contributed by atoms with Crippen molar-refractivity contribution in [3.05, 3.63) is 33.9 Å². The molecule has 0 aromatic heterocycles. The lowest BCUT2D eigenvalue weighted by molar-refractivity contribution is -0.385. The molecule has 1 aromatic carbocycles. The second-order valence-electron chi connectivity index (χ2n) is 5.25. The minimum Gasteiger partial charge on any atom is -0.481 e. The maximum Gasteiger partial charge on any atom is 0.311 e. The molecule has 7 nitrogen and oxygen atoms in total. The number of rotatable bonds is 5. The third-order valence-electron chi connectivity index (χ3n) is 3.96. The zero-order chi connectivity index (χ0) is 15.5. The molecule has 21 heavy (non-hydrogen) atoms. The minimum absolute atomic E-state index is 0.0145. The van der Waals surface area contributed by atoms with Gasteiger partial charge in [-0.05, 0) is 25.0 Å². The quantitative estimate of drug-likeness (QED) is 0.635. The molecule has 7 heteroatoms. The van der Waals surface area contributed by atoms with Crippen molar-refractivity contribution in [2.75, 3.05) is 11.9 Å². The second kappa shape index (κ2) is 5.79. The number of anilines is 1. The summed E-state index contributed by atoms with van der Waals surface area (Å²) in [6.07, 6.45) is 2.96. The summed E-state index contributed by atoms with van der Waals surface area (Å²) in [5.41, 5.74) is -0.645. The fourth-order valence-electron chi connectivity index (χ4n) is 2.68. The van der Waals surface area contributed by atoms with Crippen molar-refractivity contribution in [2.24, 2.45) is 5.41 Å². The van der Waals surface area contributed by atoms with E-state index in [1.165, 1.54) is 12.1 Å². The van der Waals surface area contributed by atoms with Gasteiger partial charge in [0.25, 0.3) is 5.69 Å². The van der Waals surface area contributed by atoms with Gasteiger partial charge in [0.05, 0.1) is 10.3 Å². The van der Waals surface area contributed by atoms with Crippen LogP contribution in [0.25, 0.3) is 0 Å². The number of nitro groups is 1. The van der Waals surface area contributed by atoms with E-state index in [0.717, 1.165) is 12.8 Å². The van der Waals surface area contributed by atoms with Crippen molar-refractivity contribution >= 4 is 17.3 Å². The molecule has 1 aliphatic rings. The number of carboxylic acid groups (broad SMARTS) is 1. The summed E-state index contributed by atoms with van der Waals surface area (Å²) in [4.78, 5) is 21.7. The first-order valence-electron chi connectivity index (χ1n) is 6.64. The highest BCUT2D eigenvalue weighted by atomic mass is 16.6. The van der Waals surface area contributed by atoms with E-state index in [0.29, 0.717) is 18.5 Å². The first-order valence-corrected chi connectivity index (χ1v) is 6.64. The number of hydrogen-bond acceptors (Lipinski definition) is 5. The Bertz CT molecular complexity index is 615. The zero-order valence-corrected chi connectivity index (χ0v) is 11.3. The van der Waals surface area contributed by atoms with Gasteiger partial charge in [0.2, 0.25) is 0 Å². The molecule has 1 fully saturated rings. The van der Waals surface area contributed by atoms with Gasteiger partial charge in [-0.2, -0.15) is 5.26 Å². The molecule has 0 spiro atoms. The molecule has 0 heterocycles. The Balaban J connectivity index is 2.17. The molecule has 0 atom stereocenters. The molecule has 0 saturated heterocycles.